The minimum atomic E-state index is -3.48. The zero-order valence-corrected chi connectivity index (χ0v) is 14.1. The second-order valence-electron chi connectivity index (χ2n) is 3.83. The highest BCUT2D eigenvalue weighted by Gasteiger charge is 2.33. The van der Waals surface area contributed by atoms with Gasteiger partial charge in [-0.25, -0.2) is 4.79 Å². The molecule has 0 heterocycles. The third-order valence-electron chi connectivity index (χ3n) is 2.52. The summed E-state index contributed by atoms with van der Waals surface area (Å²) in [4.78, 5) is 11.6. The number of hydrogen-bond acceptors (Lipinski definition) is 6. The van der Waals surface area contributed by atoms with Gasteiger partial charge in [-0.3, -0.25) is 4.57 Å². The van der Waals surface area contributed by atoms with Crippen LogP contribution < -0.4 is 4.74 Å². The summed E-state index contributed by atoms with van der Waals surface area (Å²) in [5.41, 5.74) is 0. The molecule has 0 N–H and O–H groups in total. The molecule has 0 fully saturated rings. The van der Waals surface area contributed by atoms with Crippen molar-refractivity contribution in [3.8, 4) is 5.75 Å². The zero-order valence-electron chi connectivity index (χ0n) is 11.7. The van der Waals surface area contributed by atoms with E-state index in [0.29, 0.717) is 5.02 Å². The highest BCUT2D eigenvalue weighted by molar-refractivity contribution is 7.54. The summed E-state index contributed by atoms with van der Waals surface area (Å²) in [6.45, 7) is 0.982. The Bertz CT molecular complexity index is 543. The molecule has 1 atom stereocenters. The van der Waals surface area contributed by atoms with Crippen molar-refractivity contribution >= 4 is 36.8 Å². The fourth-order valence-corrected chi connectivity index (χ4v) is 2.73. The Hall–Kier alpha value is -0.780. The maximum atomic E-state index is 12.0. The van der Waals surface area contributed by atoms with Gasteiger partial charge in [0.2, 0.25) is 0 Å². The van der Waals surface area contributed by atoms with Crippen LogP contribution in [0.5, 0.6) is 5.75 Å². The van der Waals surface area contributed by atoms with Crippen LogP contribution in [0.1, 0.15) is 6.92 Å². The van der Waals surface area contributed by atoms with Gasteiger partial charge in [-0.1, -0.05) is 29.3 Å². The average molecular weight is 357 g/mol. The standard InChI is InChI=1S/C12H15Cl2O6P/c1-8(21(16,17-2)18-3)20-11(15)7-19-10-6-4-5-9(13)12(10)14/h4-6,8H,7H2,1-3H3. The van der Waals surface area contributed by atoms with E-state index in [9.17, 15) is 9.36 Å². The predicted octanol–water partition coefficient (Wildman–Crippen LogP) is 3.75. The smallest absolute Gasteiger partial charge is 0.370 e. The predicted molar refractivity (Wildman–Crippen MR) is 79.1 cm³/mol. The summed E-state index contributed by atoms with van der Waals surface area (Å²) in [7, 11) is -1.07. The number of esters is 1. The first-order chi connectivity index (χ1) is 9.84. The van der Waals surface area contributed by atoms with Crippen LogP contribution >= 0.6 is 30.8 Å². The van der Waals surface area contributed by atoms with E-state index in [4.69, 9.17) is 41.7 Å². The van der Waals surface area contributed by atoms with Crippen LogP contribution in [-0.4, -0.2) is 32.6 Å². The lowest BCUT2D eigenvalue weighted by molar-refractivity contribution is -0.148. The summed E-state index contributed by atoms with van der Waals surface area (Å²) in [6.07, 6.45) is 0. The molecule has 0 radical (unpaired) electrons. The van der Waals surface area contributed by atoms with Gasteiger partial charge in [0.05, 0.1) is 5.02 Å². The second-order valence-corrected chi connectivity index (χ2v) is 7.16. The molecule has 1 rings (SSSR count). The van der Waals surface area contributed by atoms with Crippen molar-refractivity contribution in [2.75, 3.05) is 20.8 Å². The largest absolute Gasteiger partial charge is 0.480 e. The molecule has 21 heavy (non-hydrogen) atoms. The van der Waals surface area contributed by atoms with Crippen molar-refractivity contribution in [2.45, 2.75) is 12.8 Å². The van der Waals surface area contributed by atoms with Crippen LogP contribution in [0.15, 0.2) is 18.2 Å². The average Bonchev–Trinajstić information content (AvgIpc) is 2.47. The van der Waals surface area contributed by atoms with E-state index < -0.39 is 26.0 Å². The maximum absolute atomic E-state index is 12.0. The van der Waals surface area contributed by atoms with Crippen LogP contribution in [0, 0.1) is 0 Å². The molecule has 0 bridgehead atoms. The minimum Gasteiger partial charge on any atom is -0.480 e. The lowest BCUT2D eigenvalue weighted by atomic mass is 10.3. The number of benzene rings is 1. The highest BCUT2D eigenvalue weighted by atomic mass is 35.5. The summed E-state index contributed by atoms with van der Waals surface area (Å²) in [6, 6.07) is 4.77. The van der Waals surface area contributed by atoms with E-state index in [0.717, 1.165) is 0 Å². The van der Waals surface area contributed by atoms with Gasteiger partial charge in [0.1, 0.15) is 10.8 Å². The van der Waals surface area contributed by atoms with Crippen molar-refractivity contribution < 1.29 is 27.9 Å². The van der Waals surface area contributed by atoms with Gasteiger partial charge in [-0.05, 0) is 19.1 Å². The van der Waals surface area contributed by atoms with Gasteiger partial charge in [-0.2, -0.15) is 0 Å². The number of carbonyl (C=O) groups is 1. The first-order valence-electron chi connectivity index (χ1n) is 5.81. The molecular weight excluding hydrogens is 342 g/mol. The quantitative estimate of drug-likeness (QED) is 0.547. The van der Waals surface area contributed by atoms with E-state index in [1.165, 1.54) is 21.1 Å². The molecule has 9 heteroatoms. The van der Waals surface area contributed by atoms with Crippen molar-refractivity contribution in [3.63, 3.8) is 0 Å². The Kier molecular flexibility index (Phi) is 6.97. The Labute approximate surface area is 132 Å². The van der Waals surface area contributed by atoms with E-state index in [-0.39, 0.29) is 10.8 Å². The lowest BCUT2D eigenvalue weighted by Gasteiger charge is -2.20. The molecule has 0 aromatic heterocycles. The van der Waals surface area contributed by atoms with Crippen molar-refractivity contribution in [3.05, 3.63) is 28.2 Å². The minimum absolute atomic E-state index is 0.194. The Morgan fingerprint density at radius 2 is 1.90 bits per heavy atom. The van der Waals surface area contributed by atoms with E-state index in [1.807, 2.05) is 0 Å². The number of rotatable bonds is 7. The lowest BCUT2D eigenvalue weighted by Crippen LogP contribution is -2.21. The van der Waals surface area contributed by atoms with E-state index >= 15 is 0 Å². The molecule has 0 amide bonds. The first kappa shape index (κ1) is 18.3. The van der Waals surface area contributed by atoms with E-state index in [2.05, 4.69) is 0 Å². The van der Waals surface area contributed by atoms with Gasteiger partial charge in [0, 0.05) is 14.2 Å². The fourth-order valence-electron chi connectivity index (χ4n) is 1.39. The topological polar surface area (TPSA) is 71.1 Å². The zero-order chi connectivity index (χ0) is 16.0. The summed E-state index contributed by atoms with van der Waals surface area (Å²) in [5.74, 6) is -1.55. The second kappa shape index (κ2) is 8.01. The van der Waals surface area contributed by atoms with Crippen LogP contribution in [-0.2, 0) is 23.1 Å². The molecule has 0 spiro atoms. The molecule has 118 valence electrons. The van der Waals surface area contributed by atoms with Crippen molar-refractivity contribution in [1.29, 1.82) is 0 Å². The monoisotopic (exact) mass is 356 g/mol. The van der Waals surface area contributed by atoms with Gasteiger partial charge in [0.25, 0.3) is 0 Å². The van der Waals surface area contributed by atoms with Gasteiger partial charge >= 0.3 is 13.6 Å². The fraction of sp³-hybridized carbons (Fsp3) is 0.417. The number of ether oxygens (including phenoxy) is 2. The maximum Gasteiger partial charge on any atom is 0.370 e. The Morgan fingerprint density at radius 1 is 1.29 bits per heavy atom. The Balaban J connectivity index is 2.59. The number of carbonyl (C=O) groups excluding carboxylic acids is 1. The third kappa shape index (κ3) is 4.87. The SMILES string of the molecule is COP(=O)(OC)C(C)OC(=O)COc1cccc(Cl)c1Cl. The summed E-state index contributed by atoms with van der Waals surface area (Å²) < 4.78 is 31.5. The van der Waals surface area contributed by atoms with E-state index in [1.54, 1.807) is 18.2 Å². The molecular formula is C12H15Cl2O6P. The van der Waals surface area contributed by atoms with Gasteiger partial charge in [-0.15, -0.1) is 0 Å². The molecule has 0 saturated carbocycles. The highest BCUT2D eigenvalue weighted by Crippen LogP contribution is 2.51. The molecule has 1 aromatic rings. The molecule has 1 unspecified atom stereocenters. The van der Waals surface area contributed by atoms with Crippen molar-refractivity contribution in [2.24, 2.45) is 0 Å². The summed E-state index contributed by atoms with van der Waals surface area (Å²) >= 11 is 11.7. The Morgan fingerprint density at radius 3 is 2.48 bits per heavy atom. The third-order valence-corrected chi connectivity index (χ3v) is 5.33. The number of hydrogen-bond donors (Lipinski definition) is 0. The van der Waals surface area contributed by atoms with Crippen molar-refractivity contribution in [1.82, 2.24) is 0 Å². The molecule has 0 aliphatic heterocycles. The van der Waals surface area contributed by atoms with Gasteiger partial charge < -0.3 is 18.5 Å². The van der Waals surface area contributed by atoms with Crippen LogP contribution in [0.4, 0.5) is 0 Å². The first-order valence-corrected chi connectivity index (χ1v) is 8.18. The van der Waals surface area contributed by atoms with Crippen LogP contribution in [0.25, 0.3) is 0 Å². The normalized spacial score (nSPS) is 12.8. The molecule has 0 aliphatic rings. The molecule has 0 aliphatic carbocycles. The number of halogens is 2. The molecule has 6 nitrogen and oxygen atoms in total. The van der Waals surface area contributed by atoms with Crippen LogP contribution in [0.3, 0.4) is 0 Å². The summed E-state index contributed by atoms with van der Waals surface area (Å²) in [5, 5.41) is 0.499. The van der Waals surface area contributed by atoms with Crippen LogP contribution in [0.2, 0.25) is 10.0 Å². The molecule has 1 aromatic carbocycles. The van der Waals surface area contributed by atoms with Gasteiger partial charge in [0.15, 0.2) is 12.5 Å². The molecule has 0 saturated heterocycles.